The fourth-order valence-electron chi connectivity index (χ4n) is 5.54. The molecule has 0 spiro atoms. The Balaban J connectivity index is 1.48. The van der Waals surface area contributed by atoms with E-state index in [1.807, 2.05) is 0 Å². The van der Waals surface area contributed by atoms with Crippen LogP contribution in [0.1, 0.15) is 42.2 Å². The topological polar surface area (TPSA) is 123 Å². The first-order valence-corrected chi connectivity index (χ1v) is 14.3. The number of hydrogen-bond acceptors (Lipinski definition) is 6. The van der Waals surface area contributed by atoms with Crippen molar-refractivity contribution in [2.75, 3.05) is 10.2 Å². The van der Waals surface area contributed by atoms with Crippen molar-refractivity contribution < 1.29 is 45.9 Å². The molecule has 7 rings (SSSR count). The van der Waals surface area contributed by atoms with E-state index in [4.69, 9.17) is 16.3 Å². The average Bonchev–Trinajstić information content (AvgIpc) is 3.46. The smallest absolute Gasteiger partial charge is 0.416 e. The molecule has 48 heavy (non-hydrogen) atoms. The Labute approximate surface area is 270 Å². The van der Waals surface area contributed by atoms with E-state index in [0.29, 0.717) is 12.1 Å². The van der Waals surface area contributed by atoms with Crippen LogP contribution in [0.15, 0.2) is 66.7 Å². The van der Waals surface area contributed by atoms with Crippen LogP contribution in [-0.4, -0.2) is 33.4 Å². The van der Waals surface area contributed by atoms with Crippen LogP contribution < -0.4 is 20.3 Å². The third-order valence-electron chi connectivity index (χ3n) is 7.64. The summed E-state index contributed by atoms with van der Waals surface area (Å²) in [5.41, 5.74) is -1.86. The Hall–Kier alpha value is -5.83. The number of carbonyl (C=O) groups is 4. The standard InChI is InChI=1S/C32H17ClF5N5O5/c33-21-6-5-17(34)11-23(21)48-27-22(40-29(45)14-7-16(32(36,37)38)10-18(35)8-14)9-15-12-39-24(44)13-42-26(15)25(27)28(41-42)43-30(46)19-3-1-2-4-20(19)31(43)47/h1-11H,12-13H2,(H,39,44)(H,40,45). The number of aromatic nitrogens is 2. The van der Waals surface area contributed by atoms with Crippen molar-refractivity contribution in [2.24, 2.45) is 0 Å². The van der Waals surface area contributed by atoms with Gasteiger partial charge in [0, 0.05) is 18.2 Å². The number of hydrogen-bond donors (Lipinski definition) is 2. The second-order valence-electron chi connectivity index (χ2n) is 10.7. The number of amides is 4. The highest BCUT2D eigenvalue weighted by Crippen LogP contribution is 2.47. The van der Waals surface area contributed by atoms with Gasteiger partial charge < -0.3 is 15.4 Å². The maximum Gasteiger partial charge on any atom is 0.416 e. The van der Waals surface area contributed by atoms with E-state index in [9.17, 15) is 41.1 Å². The predicted molar refractivity (Wildman–Crippen MR) is 160 cm³/mol. The first kappa shape index (κ1) is 30.8. The Bertz CT molecular complexity index is 2220. The highest BCUT2D eigenvalue weighted by atomic mass is 35.5. The van der Waals surface area contributed by atoms with E-state index in [2.05, 4.69) is 15.7 Å². The minimum atomic E-state index is -4.98. The summed E-state index contributed by atoms with van der Waals surface area (Å²) in [4.78, 5) is 54.1. The van der Waals surface area contributed by atoms with Gasteiger partial charge >= 0.3 is 6.18 Å². The zero-order chi connectivity index (χ0) is 34.1. The molecular formula is C32H17ClF5N5O5. The summed E-state index contributed by atoms with van der Waals surface area (Å²) in [5, 5.41) is 9.26. The molecule has 5 aromatic rings. The molecule has 2 aliphatic rings. The zero-order valence-corrected chi connectivity index (χ0v) is 24.7. The lowest BCUT2D eigenvalue weighted by atomic mass is 10.1. The molecular weight excluding hydrogens is 665 g/mol. The lowest BCUT2D eigenvalue weighted by Crippen LogP contribution is -2.30. The number of halogens is 6. The minimum absolute atomic E-state index is 0.0573. The molecule has 0 radical (unpaired) electrons. The Morgan fingerprint density at radius 3 is 2.33 bits per heavy atom. The number of imide groups is 1. The van der Waals surface area contributed by atoms with Crippen molar-refractivity contribution in [1.82, 2.24) is 15.1 Å². The summed E-state index contributed by atoms with van der Waals surface area (Å²) in [6, 6.07) is 11.7. The van der Waals surface area contributed by atoms with Gasteiger partial charge in [0.15, 0.2) is 11.6 Å². The van der Waals surface area contributed by atoms with Gasteiger partial charge in [-0.25, -0.2) is 13.7 Å². The third kappa shape index (κ3) is 5.17. The number of fused-ring (bicyclic) bond motifs is 1. The Morgan fingerprint density at radius 2 is 1.65 bits per heavy atom. The van der Waals surface area contributed by atoms with Crippen molar-refractivity contribution >= 4 is 57.6 Å². The molecule has 0 saturated carbocycles. The van der Waals surface area contributed by atoms with Crippen LogP contribution in [0.25, 0.3) is 10.9 Å². The third-order valence-corrected chi connectivity index (χ3v) is 7.96. The van der Waals surface area contributed by atoms with Gasteiger partial charge in [-0.1, -0.05) is 23.7 Å². The van der Waals surface area contributed by atoms with E-state index in [1.165, 1.54) is 28.9 Å². The highest BCUT2D eigenvalue weighted by molar-refractivity contribution is 6.36. The van der Waals surface area contributed by atoms with Crippen molar-refractivity contribution in [1.29, 1.82) is 0 Å². The van der Waals surface area contributed by atoms with Crippen LogP contribution in [0.4, 0.5) is 33.5 Å². The molecule has 0 fully saturated rings. The predicted octanol–water partition coefficient (Wildman–Crippen LogP) is 6.46. The number of anilines is 2. The monoisotopic (exact) mass is 681 g/mol. The molecule has 242 valence electrons. The largest absolute Gasteiger partial charge is 0.453 e. The molecule has 3 heterocycles. The molecule has 10 nitrogen and oxygen atoms in total. The fourth-order valence-corrected chi connectivity index (χ4v) is 5.70. The first-order chi connectivity index (χ1) is 22.8. The summed E-state index contributed by atoms with van der Waals surface area (Å²) in [5.74, 6) is -6.36. The van der Waals surface area contributed by atoms with Crippen molar-refractivity contribution in [2.45, 2.75) is 19.3 Å². The number of nitrogens with one attached hydrogen (secondary N) is 2. The molecule has 4 amide bonds. The highest BCUT2D eigenvalue weighted by Gasteiger charge is 2.41. The number of benzene rings is 4. The molecule has 0 unspecified atom stereocenters. The van der Waals surface area contributed by atoms with Gasteiger partial charge in [0.2, 0.25) is 5.91 Å². The lowest BCUT2D eigenvalue weighted by Gasteiger charge is -2.19. The zero-order valence-electron chi connectivity index (χ0n) is 23.9. The van der Waals surface area contributed by atoms with Gasteiger partial charge in [-0.2, -0.15) is 18.3 Å². The number of carbonyl (C=O) groups excluding carboxylic acids is 4. The van der Waals surface area contributed by atoms with Gasteiger partial charge in [0.25, 0.3) is 17.7 Å². The number of alkyl halides is 3. The van der Waals surface area contributed by atoms with Crippen LogP contribution in [0, 0.1) is 11.6 Å². The normalized spacial score (nSPS) is 14.2. The summed E-state index contributed by atoms with van der Waals surface area (Å²) in [6.45, 7) is -0.535. The maximum atomic E-state index is 14.4. The van der Waals surface area contributed by atoms with E-state index >= 15 is 0 Å². The van der Waals surface area contributed by atoms with Crippen LogP contribution in [0.5, 0.6) is 11.5 Å². The van der Waals surface area contributed by atoms with E-state index in [0.717, 1.165) is 17.0 Å². The quantitative estimate of drug-likeness (QED) is 0.162. The molecule has 1 aromatic heterocycles. The van der Waals surface area contributed by atoms with Gasteiger partial charge in [0.1, 0.15) is 23.9 Å². The number of rotatable bonds is 5. The first-order valence-electron chi connectivity index (χ1n) is 13.9. The molecule has 2 N–H and O–H groups in total. The maximum absolute atomic E-state index is 14.4. The molecule has 2 aliphatic heterocycles. The molecule has 0 bridgehead atoms. The Kier molecular flexibility index (Phi) is 7.16. The van der Waals surface area contributed by atoms with E-state index in [-0.39, 0.29) is 74.8 Å². The van der Waals surface area contributed by atoms with Crippen LogP contribution in [0.2, 0.25) is 5.02 Å². The average molecular weight is 682 g/mol. The second kappa shape index (κ2) is 11.2. The van der Waals surface area contributed by atoms with Crippen LogP contribution in [0.3, 0.4) is 0 Å². The fraction of sp³-hybridized carbons (Fsp3) is 0.0938. The van der Waals surface area contributed by atoms with Gasteiger partial charge in [-0.3, -0.25) is 23.9 Å². The van der Waals surface area contributed by atoms with E-state index < -0.39 is 52.6 Å². The lowest BCUT2D eigenvalue weighted by molar-refractivity contribution is -0.137. The molecule has 0 saturated heterocycles. The Morgan fingerprint density at radius 1 is 0.938 bits per heavy atom. The molecule has 16 heteroatoms. The van der Waals surface area contributed by atoms with Crippen molar-refractivity contribution in [3.8, 4) is 11.5 Å². The van der Waals surface area contributed by atoms with Crippen molar-refractivity contribution in [3.63, 3.8) is 0 Å². The van der Waals surface area contributed by atoms with E-state index in [1.54, 1.807) is 12.1 Å². The van der Waals surface area contributed by atoms with Gasteiger partial charge in [-0.15, -0.1) is 0 Å². The number of nitrogens with zero attached hydrogens (tertiary/aromatic N) is 3. The minimum Gasteiger partial charge on any atom is -0.453 e. The molecule has 0 atom stereocenters. The van der Waals surface area contributed by atoms with Gasteiger partial charge in [-0.05, 0) is 54.1 Å². The molecule has 0 aliphatic carbocycles. The number of ether oxygens (including phenoxy) is 1. The van der Waals surface area contributed by atoms with Crippen LogP contribution >= 0.6 is 11.6 Å². The summed E-state index contributed by atoms with van der Waals surface area (Å²) in [6.07, 6.45) is -4.98. The SMILES string of the molecule is O=C1Cn2nc(N3C(=O)c4ccccc4C3=O)c3c(Oc4cc(F)ccc4Cl)c(NC(=O)c4cc(F)cc(C(F)(F)F)c4)cc(c32)CN1. The second-order valence-corrected chi connectivity index (χ2v) is 11.1. The van der Waals surface area contributed by atoms with Gasteiger partial charge in [0.05, 0.1) is 38.3 Å². The molecule has 4 aromatic carbocycles. The summed E-state index contributed by atoms with van der Waals surface area (Å²) >= 11 is 6.30. The summed E-state index contributed by atoms with van der Waals surface area (Å²) in [7, 11) is 0. The van der Waals surface area contributed by atoms with Crippen LogP contribution in [-0.2, 0) is 24.1 Å². The summed E-state index contributed by atoms with van der Waals surface area (Å²) < 4.78 is 76.3. The van der Waals surface area contributed by atoms with Crippen molar-refractivity contribution in [3.05, 3.63) is 111 Å².